The van der Waals surface area contributed by atoms with Crippen molar-refractivity contribution >= 4 is 44.9 Å². The highest BCUT2D eigenvalue weighted by Gasteiger charge is 2.17. The zero-order chi connectivity index (χ0) is 21.3. The highest BCUT2D eigenvalue weighted by molar-refractivity contribution is 8.00. The third-order valence-electron chi connectivity index (χ3n) is 4.52. The number of aryl methyl sites for hydroxylation is 3. The van der Waals surface area contributed by atoms with Crippen LogP contribution in [-0.4, -0.2) is 26.8 Å². The number of anilines is 1. The molecule has 5 nitrogen and oxygen atoms in total. The maximum Gasteiger partial charge on any atom is 0.234 e. The molecule has 8 heteroatoms. The number of halogens is 1. The smallest absolute Gasteiger partial charge is 0.234 e. The monoisotopic (exact) mass is 438 g/mol. The summed E-state index contributed by atoms with van der Waals surface area (Å²) < 4.78 is 14.2. The minimum Gasteiger partial charge on any atom is -0.325 e. The number of carbonyl (C=O) groups is 1. The number of aromatic nitrogens is 3. The van der Waals surface area contributed by atoms with E-state index >= 15 is 0 Å². The van der Waals surface area contributed by atoms with Gasteiger partial charge >= 0.3 is 0 Å². The predicted octanol–water partition coefficient (Wildman–Crippen LogP) is 5.55. The van der Waals surface area contributed by atoms with Gasteiger partial charge in [0.1, 0.15) is 22.1 Å². The molecule has 4 aromatic rings. The number of nitrogens with zero attached hydrogens (tertiary/aromatic N) is 3. The van der Waals surface area contributed by atoms with Gasteiger partial charge in [-0.2, -0.15) is 0 Å². The molecule has 0 spiro atoms. The van der Waals surface area contributed by atoms with E-state index in [0.717, 1.165) is 37.6 Å². The average Bonchev–Trinajstić information content (AvgIpc) is 3.11. The Bertz CT molecular complexity index is 1240. The van der Waals surface area contributed by atoms with Crippen LogP contribution in [0.4, 0.5) is 10.1 Å². The van der Waals surface area contributed by atoms with Crippen LogP contribution in [0.5, 0.6) is 0 Å². The second kappa shape index (κ2) is 8.49. The molecule has 1 N–H and O–H groups in total. The van der Waals surface area contributed by atoms with Crippen LogP contribution in [0.25, 0.3) is 21.5 Å². The Morgan fingerprint density at radius 1 is 1.10 bits per heavy atom. The first-order chi connectivity index (χ1) is 14.4. The lowest BCUT2D eigenvalue weighted by Crippen LogP contribution is -2.15. The van der Waals surface area contributed by atoms with Gasteiger partial charge in [-0.15, -0.1) is 21.5 Å². The van der Waals surface area contributed by atoms with Crippen LogP contribution < -0.4 is 5.32 Å². The largest absolute Gasteiger partial charge is 0.325 e. The summed E-state index contributed by atoms with van der Waals surface area (Å²) in [6.45, 7) is 5.87. The lowest BCUT2D eigenvalue weighted by molar-refractivity contribution is -0.113. The predicted molar refractivity (Wildman–Crippen MR) is 121 cm³/mol. The minimum atomic E-state index is -0.300. The van der Waals surface area contributed by atoms with E-state index in [1.54, 1.807) is 12.1 Å². The molecule has 0 aliphatic heterocycles. The molecule has 2 aromatic heterocycles. The van der Waals surface area contributed by atoms with E-state index < -0.39 is 0 Å². The summed E-state index contributed by atoms with van der Waals surface area (Å²) in [7, 11) is 0. The van der Waals surface area contributed by atoms with Crippen molar-refractivity contribution in [3.05, 3.63) is 64.4 Å². The first kappa shape index (κ1) is 20.4. The molecule has 1 amide bonds. The number of amides is 1. The molecule has 152 valence electrons. The Morgan fingerprint density at radius 2 is 1.87 bits per heavy atom. The molecule has 0 unspecified atom stereocenters. The molecule has 0 bridgehead atoms. The van der Waals surface area contributed by atoms with E-state index in [9.17, 15) is 9.18 Å². The van der Waals surface area contributed by atoms with Crippen LogP contribution in [0.15, 0.2) is 47.5 Å². The second-order valence-corrected chi connectivity index (χ2v) is 9.09. The number of rotatable bonds is 5. The third-order valence-corrected chi connectivity index (χ3v) is 6.45. The molecule has 0 fully saturated rings. The van der Waals surface area contributed by atoms with Gasteiger partial charge in [0.25, 0.3) is 0 Å². The first-order valence-corrected chi connectivity index (χ1v) is 11.1. The lowest BCUT2D eigenvalue weighted by atomic mass is 10.1. The summed E-state index contributed by atoms with van der Waals surface area (Å²) in [5, 5.41) is 13.1. The average molecular weight is 439 g/mol. The molecule has 0 atom stereocenters. The van der Waals surface area contributed by atoms with Gasteiger partial charge in [-0.05, 0) is 62.2 Å². The maximum atomic E-state index is 13.3. The fraction of sp³-hybridized carbons (Fsp3) is 0.182. The van der Waals surface area contributed by atoms with E-state index in [-0.39, 0.29) is 17.5 Å². The first-order valence-electron chi connectivity index (χ1n) is 9.30. The number of thioether (sulfide) groups is 1. The lowest BCUT2D eigenvalue weighted by Gasteiger charge is -2.09. The van der Waals surface area contributed by atoms with Crippen LogP contribution in [0.1, 0.15) is 16.1 Å². The summed E-state index contributed by atoms with van der Waals surface area (Å²) in [4.78, 5) is 17.1. The van der Waals surface area contributed by atoms with Gasteiger partial charge in [0, 0.05) is 11.3 Å². The Labute approximate surface area is 181 Å². The Morgan fingerprint density at radius 3 is 2.63 bits per heavy atom. The summed E-state index contributed by atoms with van der Waals surface area (Å²) >= 11 is 2.82. The topological polar surface area (TPSA) is 67.8 Å². The van der Waals surface area contributed by atoms with E-state index in [2.05, 4.69) is 20.5 Å². The van der Waals surface area contributed by atoms with E-state index in [1.807, 2.05) is 39.0 Å². The molecule has 30 heavy (non-hydrogen) atoms. The zero-order valence-corrected chi connectivity index (χ0v) is 18.3. The van der Waals surface area contributed by atoms with Crippen LogP contribution >= 0.6 is 23.1 Å². The standard InChI is InChI=1S/C22H19FN4OS2/c1-12-4-5-13(2)17(10-12)25-18(28)11-29-22-20-21(30-14(3)24-20)19(26-27-22)15-6-8-16(23)9-7-15/h4-10H,11H2,1-3H3,(H,25,28). The molecule has 0 radical (unpaired) electrons. The number of thiazole rings is 1. The van der Waals surface area contributed by atoms with Gasteiger partial charge in [-0.3, -0.25) is 4.79 Å². The van der Waals surface area contributed by atoms with Crippen molar-refractivity contribution < 1.29 is 9.18 Å². The third kappa shape index (κ3) is 4.34. The van der Waals surface area contributed by atoms with Crippen LogP contribution in [0.3, 0.4) is 0 Å². The van der Waals surface area contributed by atoms with Gasteiger partial charge in [0.15, 0.2) is 0 Å². The van der Waals surface area contributed by atoms with E-state index in [0.29, 0.717) is 10.7 Å². The fourth-order valence-corrected chi connectivity index (χ4v) is 4.72. The summed E-state index contributed by atoms with van der Waals surface area (Å²) in [6, 6.07) is 12.1. The molecule has 2 aromatic carbocycles. The molecule has 0 saturated carbocycles. The number of benzene rings is 2. The van der Waals surface area contributed by atoms with Crippen molar-refractivity contribution in [2.75, 3.05) is 11.1 Å². The van der Waals surface area contributed by atoms with E-state index in [1.165, 1.54) is 35.2 Å². The number of carbonyl (C=O) groups excluding carboxylic acids is 1. The van der Waals surface area contributed by atoms with Crippen molar-refractivity contribution in [2.45, 2.75) is 25.8 Å². The Balaban J connectivity index is 1.56. The normalized spacial score (nSPS) is 11.1. The van der Waals surface area contributed by atoms with Gasteiger partial charge in [-0.25, -0.2) is 9.37 Å². The molecule has 0 aliphatic rings. The molecular weight excluding hydrogens is 419 g/mol. The van der Waals surface area contributed by atoms with Crippen LogP contribution in [0, 0.1) is 26.6 Å². The molecular formula is C22H19FN4OS2. The molecule has 4 rings (SSSR count). The molecule has 0 saturated heterocycles. The number of hydrogen-bond acceptors (Lipinski definition) is 6. The van der Waals surface area contributed by atoms with Crippen molar-refractivity contribution in [3.63, 3.8) is 0 Å². The van der Waals surface area contributed by atoms with Crippen molar-refractivity contribution in [2.24, 2.45) is 0 Å². The van der Waals surface area contributed by atoms with Crippen molar-refractivity contribution in [3.8, 4) is 11.3 Å². The maximum absolute atomic E-state index is 13.3. The molecule has 2 heterocycles. The van der Waals surface area contributed by atoms with Crippen LogP contribution in [0.2, 0.25) is 0 Å². The number of fused-ring (bicyclic) bond motifs is 1. The summed E-state index contributed by atoms with van der Waals surface area (Å²) in [6.07, 6.45) is 0. The van der Waals surface area contributed by atoms with Crippen LogP contribution in [-0.2, 0) is 4.79 Å². The summed E-state index contributed by atoms with van der Waals surface area (Å²) in [5.74, 6) is -0.215. The fourth-order valence-electron chi connectivity index (χ4n) is 3.01. The SMILES string of the molecule is Cc1ccc(C)c(NC(=O)CSc2nnc(-c3ccc(F)cc3)c3sc(C)nc23)c1. The summed E-state index contributed by atoms with van der Waals surface area (Å²) in [5.41, 5.74) is 5.08. The Hall–Kier alpha value is -2.84. The van der Waals surface area contributed by atoms with Gasteiger partial charge in [-0.1, -0.05) is 23.9 Å². The highest BCUT2D eigenvalue weighted by atomic mass is 32.2. The molecule has 0 aliphatic carbocycles. The highest BCUT2D eigenvalue weighted by Crippen LogP contribution is 2.35. The zero-order valence-electron chi connectivity index (χ0n) is 16.7. The van der Waals surface area contributed by atoms with Crippen molar-refractivity contribution in [1.82, 2.24) is 15.2 Å². The van der Waals surface area contributed by atoms with Gasteiger partial charge in [0.05, 0.1) is 15.5 Å². The van der Waals surface area contributed by atoms with E-state index in [4.69, 9.17) is 0 Å². The number of nitrogens with one attached hydrogen (secondary N) is 1. The quantitative estimate of drug-likeness (QED) is 0.414. The second-order valence-electron chi connectivity index (χ2n) is 6.93. The Kier molecular flexibility index (Phi) is 5.78. The minimum absolute atomic E-state index is 0.113. The van der Waals surface area contributed by atoms with Gasteiger partial charge < -0.3 is 5.32 Å². The van der Waals surface area contributed by atoms with Crippen molar-refractivity contribution in [1.29, 1.82) is 0 Å². The number of hydrogen-bond donors (Lipinski definition) is 1. The van der Waals surface area contributed by atoms with Gasteiger partial charge in [0.2, 0.25) is 5.91 Å².